The second kappa shape index (κ2) is 5.61. The van der Waals surface area contributed by atoms with E-state index in [4.69, 9.17) is 22.1 Å². The molecule has 17 heavy (non-hydrogen) atoms. The van der Waals surface area contributed by atoms with E-state index in [2.05, 4.69) is 9.97 Å². The molecule has 0 spiro atoms. The number of aromatic nitrogens is 2. The second-order valence-electron chi connectivity index (χ2n) is 3.43. The summed E-state index contributed by atoms with van der Waals surface area (Å²) in [5.41, 5.74) is 5.41. The quantitative estimate of drug-likeness (QED) is 0.904. The van der Waals surface area contributed by atoms with Gasteiger partial charge < -0.3 is 10.5 Å². The average molecular weight is 250 g/mol. The summed E-state index contributed by atoms with van der Waals surface area (Å²) in [6.45, 7) is 0.536. The van der Waals surface area contributed by atoms with Crippen molar-refractivity contribution < 1.29 is 4.74 Å². The maximum absolute atomic E-state index is 5.85. The first-order valence-corrected chi connectivity index (χ1v) is 5.60. The molecule has 4 nitrogen and oxygen atoms in total. The number of nitrogens with zero attached hydrogens (tertiary/aromatic N) is 2. The van der Waals surface area contributed by atoms with E-state index in [0.29, 0.717) is 35.3 Å². The molecule has 5 heteroatoms. The van der Waals surface area contributed by atoms with Gasteiger partial charge in [-0.1, -0.05) is 17.7 Å². The Bertz CT molecular complexity index is 487. The Morgan fingerprint density at radius 1 is 1.18 bits per heavy atom. The van der Waals surface area contributed by atoms with E-state index >= 15 is 0 Å². The molecule has 0 atom stereocenters. The van der Waals surface area contributed by atoms with E-state index < -0.39 is 0 Å². The molecule has 0 aliphatic rings. The monoisotopic (exact) mass is 249 g/mol. The fraction of sp³-hybridized carbons (Fsp3) is 0.167. The van der Waals surface area contributed by atoms with Crippen molar-refractivity contribution in [2.24, 2.45) is 5.73 Å². The van der Waals surface area contributed by atoms with Gasteiger partial charge in [0.2, 0.25) is 0 Å². The largest absolute Gasteiger partial charge is 0.454 e. The predicted octanol–water partition coefficient (Wildman–Crippen LogP) is 2.42. The molecule has 0 radical (unpaired) electrons. The second-order valence-corrected chi connectivity index (χ2v) is 3.87. The van der Waals surface area contributed by atoms with Crippen LogP contribution in [0.25, 0.3) is 0 Å². The van der Waals surface area contributed by atoms with Gasteiger partial charge >= 0.3 is 0 Å². The van der Waals surface area contributed by atoms with E-state index in [0.717, 1.165) is 0 Å². The standard InChI is InChI=1S/C12H12ClN3O/c13-9-2-1-3-10(6-9)17-11-7-15-12(4-5-14)16-8-11/h1-3,6-8H,4-5,14H2. The molecule has 2 rings (SSSR count). The molecule has 0 aliphatic heterocycles. The van der Waals surface area contributed by atoms with Gasteiger partial charge in [0, 0.05) is 11.4 Å². The van der Waals surface area contributed by atoms with Crippen LogP contribution < -0.4 is 10.5 Å². The zero-order valence-electron chi connectivity index (χ0n) is 9.14. The Labute approximate surface area is 104 Å². The fourth-order valence-corrected chi connectivity index (χ4v) is 1.50. The third-order valence-corrected chi connectivity index (χ3v) is 2.32. The number of benzene rings is 1. The maximum Gasteiger partial charge on any atom is 0.164 e. The topological polar surface area (TPSA) is 61.0 Å². The Kier molecular flexibility index (Phi) is 3.90. The molecule has 88 valence electrons. The highest BCUT2D eigenvalue weighted by Crippen LogP contribution is 2.22. The van der Waals surface area contributed by atoms with Crippen LogP contribution in [0, 0.1) is 0 Å². The minimum absolute atomic E-state index is 0.536. The summed E-state index contributed by atoms with van der Waals surface area (Å²) < 4.78 is 5.55. The van der Waals surface area contributed by atoms with Crippen LogP contribution >= 0.6 is 11.6 Å². The molecule has 0 saturated carbocycles. The van der Waals surface area contributed by atoms with Crippen LogP contribution in [0.1, 0.15) is 5.82 Å². The van der Waals surface area contributed by atoms with Crippen molar-refractivity contribution in [2.45, 2.75) is 6.42 Å². The van der Waals surface area contributed by atoms with Crippen molar-refractivity contribution in [2.75, 3.05) is 6.54 Å². The van der Waals surface area contributed by atoms with Gasteiger partial charge in [0.25, 0.3) is 0 Å². The first-order chi connectivity index (χ1) is 8.28. The van der Waals surface area contributed by atoms with E-state index in [-0.39, 0.29) is 0 Å². The maximum atomic E-state index is 5.85. The van der Waals surface area contributed by atoms with E-state index in [1.54, 1.807) is 24.5 Å². The summed E-state index contributed by atoms with van der Waals surface area (Å²) in [6.07, 6.45) is 3.91. The summed E-state index contributed by atoms with van der Waals surface area (Å²) in [4.78, 5) is 8.28. The molecule has 1 heterocycles. The number of rotatable bonds is 4. The molecule has 2 N–H and O–H groups in total. The summed E-state index contributed by atoms with van der Waals surface area (Å²) >= 11 is 5.85. The lowest BCUT2D eigenvalue weighted by Crippen LogP contribution is -2.06. The molecule has 0 fully saturated rings. The molecule has 0 amide bonds. The zero-order valence-corrected chi connectivity index (χ0v) is 9.89. The highest BCUT2D eigenvalue weighted by atomic mass is 35.5. The molecule has 2 aromatic rings. The molecule has 1 aromatic carbocycles. The van der Waals surface area contributed by atoms with E-state index in [9.17, 15) is 0 Å². The Balaban J connectivity index is 2.08. The molecular weight excluding hydrogens is 238 g/mol. The number of hydrogen-bond acceptors (Lipinski definition) is 4. The normalized spacial score (nSPS) is 10.2. The number of nitrogens with two attached hydrogens (primary N) is 1. The zero-order chi connectivity index (χ0) is 12.1. The van der Waals surface area contributed by atoms with Crippen LogP contribution in [0.4, 0.5) is 0 Å². The lowest BCUT2D eigenvalue weighted by atomic mass is 10.3. The highest BCUT2D eigenvalue weighted by Gasteiger charge is 2.00. The SMILES string of the molecule is NCCc1ncc(Oc2cccc(Cl)c2)cn1. The lowest BCUT2D eigenvalue weighted by Gasteiger charge is -2.05. The van der Waals surface area contributed by atoms with Crippen molar-refractivity contribution in [3.8, 4) is 11.5 Å². The highest BCUT2D eigenvalue weighted by molar-refractivity contribution is 6.30. The Morgan fingerprint density at radius 2 is 1.94 bits per heavy atom. The number of hydrogen-bond donors (Lipinski definition) is 1. The van der Waals surface area contributed by atoms with Gasteiger partial charge in [-0.2, -0.15) is 0 Å². The Morgan fingerprint density at radius 3 is 2.59 bits per heavy atom. The third kappa shape index (κ3) is 3.41. The molecule has 1 aromatic heterocycles. The van der Waals surface area contributed by atoms with Crippen molar-refractivity contribution in [3.63, 3.8) is 0 Å². The summed E-state index contributed by atoms with van der Waals surface area (Å²) in [5, 5.41) is 0.628. The van der Waals surface area contributed by atoms with Gasteiger partial charge in [0.15, 0.2) is 5.75 Å². The van der Waals surface area contributed by atoms with Crippen molar-refractivity contribution in [1.29, 1.82) is 0 Å². The molecular formula is C12H12ClN3O. The molecule has 0 aliphatic carbocycles. The van der Waals surface area contributed by atoms with Gasteiger partial charge in [0.05, 0.1) is 12.4 Å². The van der Waals surface area contributed by atoms with Gasteiger partial charge in [-0.25, -0.2) is 9.97 Å². The van der Waals surface area contributed by atoms with Crippen molar-refractivity contribution >= 4 is 11.6 Å². The minimum Gasteiger partial charge on any atom is -0.454 e. The third-order valence-electron chi connectivity index (χ3n) is 2.08. The molecule has 0 bridgehead atoms. The number of ether oxygens (including phenoxy) is 1. The predicted molar refractivity (Wildman–Crippen MR) is 66.3 cm³/mol. The molecule has 0 saturated heterocycles. The molecule has 0 unspecified atom stereocenters. The van der Waals surface area contributed by atoms with Crippen LogP contribution in [0.2, 0.25) is 5.02 Å². The van der Waals surface area contributed by atoms with Crippen LogP contribution in [-0.2, 0) is 6.42 Å². The summed E-state index contributed by atoms with van der Waals surface area (Å²) in [6, 6.07) is 7.16. The first kappa shape index (κ1) is 11.8. The van der Waals surface area contributed by atoms with Crippen LogP contribution in [0.5, 0.6) is 11.5 Å². The Hall–Kier alpha value is -1.65. The first-order valence-electron chi connectivity index (χ1n) is 5.22. The summed E-state index contributed by atoms with van der Waals surface area (Å²) in [7, 11) is 0. The minimum atomic E-state index is 0.536. The van der Waals surface area contributed by atoms with Gasteiger partial charge in [-0.3, -0.25) is 0 Å². The van der Waals surface area contributed by atoms with E-state index in [1.807, 2.05) is 12.1 Å². The van der Waals surface area contributed by atoms with Gasteiger partial charge in [-0.05, 0) is 24.7 Å². The van der Waals surface area contributed by atoms with E-state index in [1.165, 1.54) is 0 Å². The fourth-order valence-electron chi connectivity index (χ4n) is 1.32. The van der Waals surface area contributed by atoms with Gasteiger partial charge in [0.1, 0.15) is 11.6 Å². The van der Waals surface area contributed by atoms with Crippen molar-refractivity contribution in [1.82, 2.24) is 9.97 Å². The van der Waals surface area contributed by atoms with Gasteiger partial charge in [-0.15, -0.1) is 0 Å². The van der Waals surface area contributed by atoms with Crippen molar-refractivity contribution in [3.05, 3.63) is 47.5 Å². The number of halogens is 1. The lowest BCUT2D eigenvalue weighted by molar-refractivity contribution is 0.476. The van der Waals surface area contributed by atoms with Crippen LogP contribution in [0.3, 0.4) is 0 Å². The van der Waals surface area contributed by atoms with Crippen LogP contribution in [-0.4, -0.2) is 16.5 Å². The van der Waals surface area contributed by atoms with Crippen LogP contribution in [0.15, 0.2) is 36.7 Å². The average Bonchev–Trinajstić information content (AvgIpc) is 2.32. The summed E-state index contributed by atoms with van der Waals surface area (Å²) in [5.74, 6) is 1.95. The smallest absolute Gasteiger partial charge is 0.164 e.